The topological polar surface area (TPSA) is 29.5 Å². The number of hydrogen-bond acceptors (Lipinski definition) is 3. The summed E-state index contributed by atoms with van der Waals surface area (Å²) >= 11 is 1.78. The molecule has 0 spiro atoms. The largest absolute Gasteiger partial charge is 0.489 e. The molecule has 0 saturated carbocycles. The SMILES string of the molecule is OC1c2ccccc2SCc2ccc3c(c21)OCC=CC3. The summed E-state index contributed by atoms with van der Waals surface area (Å²) in [6.07, 6.45) is 4.42. The van der Waals surface area contributed by atoms with Crippen molar-refractivity contribution >= 4 is 11.8 Å². The summed E-state index contributed by atoms with van der Waals surface area (Å²) in [5, 5.41) is 10.9. The van der Waals surface area contributed by atoms with Crippen molar-refractivity contribution in [2.75, 3.05) is 6.61 Å². The lowest BCUT2D eigenvalue weighted by Crippen LogP contribution is -2.08. The van der Waals surface area contributed by atoms with Gasteiger partial charge in [0.15, 0.2) is 0 Å². The fourth-order valence-electron chi connectivity index (χ4n) is 3.00. The Hall–Kier alpha value is -1.71. The summed E-state index contributed by atoms with van der Waals surface area (Å²) in [5.41, 5.74) is 4.26. The Kier molecular flexibility index (Phi) is 3.24. The minimum Gasteiger partial charge on any atom is -0.489 e. The standard InChI is InChI=1S/C18H16O2S/c19-17-14-6-1-2-7-15(14)21-11-13-9-8-12-5-3-4-10-20-18(12)16(13)17/h1-4,6-9,17,19H,5,10-11H2. The molecule has 4 rings (SSSR count). The Balaban J connectivity index is 1.91. The Morgan fingerprint density at radius 1 is 1.05 bits per heavy atom. The predicted octanol–water partition coefficient (Wildman–Crippen LogP) is 3.87. The number of hydrogen-bond donors (Lipinski definition) is 1. The van der Waals surface area contributed by atoms with Gasteiger partial charge in [0.2, 0.25) is 0 Å². The maximum atomic E-state index is 10.9. The molecule has 3 heteroatoms. The molecule has 2 aliphatic heterocycles. The molecule has 1 unspecified atom stereocenters. The molecular weight excluding hydrogens is 280 g/mol. The van der Waals surface area contributed by atoms with Crippen molar-refractivity contribution in [2.45, 2.75) is 23.2 Å². The van der Waals surface area contributed by atoms with Crippen LogP contribution in [0.5, 0.6) is 5.75 Å². The fourth-order valence-corrected chi connectivity index (χ4v) is 4.08. The highest BCUT2D eigenvalue weighted by Gasteiger charge is 2.27. The van der Waals surface area contributed by atoms with E-state index < -0.39 is 6.10 Å². The van der Waals surface area contributed by atoms with Crippen LogP contribution in [-0.4, -0.2) is 11.7 Å². The number of allylic oxidation sites excluding steroid dienone is 1. The molecule has 2 aromatic carbocycles. The zero-order valence-electron chi connectivity index (χ0n) is 11.6. The first-order valence-electron chi connectivity index (χ1n) is 7.17. The summed E-state index contributed by atoms with van der Waals surface area (Å²) in [5.74, 6) is 1.75. The van der Waals surface area contributed by atoms with E-state index in [0.717, 1.165) is 39.5 Å². The average molecular weight is 296 g/mol. The molecule has 21 heavy (non-hydrogen) atoms. The number of benzene rings is 2. The molecular formula is C18H16O2S. The summed E-state index contributed by atoms with van der Waals surface area (Å²) in [6, 6.07) is 12.4. The van der Waals surface area contributed by atoms with Crippen LogP contribution in [0.3, 0.4) is 0 Å². The molecule has 2 heterocycles. The van der Waals surface area contributed by atoms with Crippen molar-refractivity contribution in [1.82, 2.24) is 0 Å². The highest BCUT2D eigenvalue weighted by Crippen LogP contribution is 2.44. The van der Waals surface area contributed by atoms with Gasteiger partial charge in [-0.05, 0) is 29.2 Å². The van der Waals surface area contributed by atoms with Crippen molar-refractivity contribution in [3.8, 4) is 5.75 Å². The van der Waals surface area contributed by atoms with Gasteiger partial charge in [-0.2, -0.15) is 0 Å². The molecule has 2 aromatic rings. The number of rotatable bonds is 0. The zero-order chi connectivity index (χ0) is 14.2. The van der Waals surface area contributed by atoms with Crippen molar-refractivity contribution < 1.29 is 9.84 Å². The molecule has 0 amide bonds. The van der Waals surface area contributed by atoms with E-state index >= 15 is 0 Å². The van der Waals surface area contributed by atoms with Crippen LogP contribution in [0.2, 0.25) is 0 Å². The van der Waals surface area contributed by atoms with Gasteiger partial charge in [-0.1, -0.05) is 42.5 Å². The number of aliphatic hydroxyl groups excluding tert-OH is 1. The summed E-state index contributed by atoms with van der Waals surface area (Å²) < 4.78 is 5.93. The third-order valence-corrected chi connectivity index (χ3v) is 5.20. The first-order valence-corrected chi connectivity index (χ1v) is 8.15. The van der Waals surface area contributed by atoms with Gasteiger partial charge in [0.05, 0.1) is 0 Å². The molecule has 0 saturated heterocycles. The zero-order valence-corrected chi connectivity index (χ0v) is 12.4. The lowest BCUT2D eigenvalue weighted by Gasteiger charge is -2.20. The normalized spacial score (nSPS) is 19.6. The van der Waals surface area contributed by atoms with Gasteiger partial charge in [-0.25, -0.2) is 0 Å². The Labute approximate surface area is 128 Å². The second-order valence-electron chi connectivity index (χ2n) is 5.34. The number of thioether (sulfide) groups is 1. The van der Waals surface area contributed by atoms with E-state index in [1.54, 1.807) is 11.8 Å². The molecule has 0 aromatic heterocycles. The van der Waals surface area contributed by atoms with E-state index in [0.29, 0.717) is 6.61 Å². The van der Waals surface area contributed by atoms with Gasteiger partial charge in [0, 0.05) is 16.2 Å². The van der Waals surface area contributed by atoms with Gasteiger partial charge in [-0.3, -0.25) is 0 Å². The van der Waals surface area contributed by atoms with Crippen LogP contribution in [0.4, 0.5) is 0 Å². The first-order chi connectivity index (χ1) is 10.3. The van der Waals surface area contributed by atoms with E-state index in [1.165, 1.54) is 5.56 Å². The number of fused-ring (bicyclic) bond motifs is 4. The van der Waals surface area contributed by atoms with Crippen molar-refractivity contribution in [1.29, 1.82) is 0 Å². The maximum Gasteiger partial charge on any atom is 0.129 e. The molecule has 0 fully saturated rings. The second-order valence-corrected chi connectivity index (χ2v) is 6.36. The van der Waals surface area contributed by atoms with Crippen LogP contribution < -0.4 is 4.74 Å². The van der Waals surface area contributed by atoms with Crippen LogP contribution in [0.15, 0.2) is 53.4 Å². The Morgan fingerprint density at radius 3 is 2.86 bits per heavy atom. The fraction of sp³-hybridized carbons (Fsp3) is 0.222. The van der Waals surface area contributed by atoms with Crippen LogP contribution in [0, 0.1) is 0 Å². The lowest BCUT2D eigenvalue weighted by molar-refractivity contribution is 0.209. The van der Waals surface area contributed by atoms with Gasteiger partial charge >= 0.3 is 0 Å². The van der Waals surface area contributed by atoms with Crippen molar-refractivity contribution in [2.24, 2.45) is 0 Å². The lowest BCUT2D eigenvalue weighted by atomic mass is 9.93. The summed E-state index contributed by atoms with van der Waals surface area (Å²) in [6.45, 7) is 0.574. The third kappa shape index (κ3) is 2.17. The number of aliphatic hydroxyl groups is 1. The molecule has 106 valence electrons. The second kappa shape index (κ2) is 5.24. The highest BCUT2D eigenvalue weighted by atomic mass is 32.2. The predicted molar refractivity (Wildman–Crippen MR) is 84.8 cm³/mol. The van der Waals surface area contributed by atoms with E-state index in [-0.39, 0.29) is 0 Å². The average Bonchev–Trinajstić information content (AvgIpc) is 2.83. The molecule has 1 N–H and O–H groups in total. The molecule has 2 nitrogen and oxygen atoms in total. The van der Waals surface area contributed by atoms with Crippen LogP contribution in [0.25, 0.3) is 0 Å². The molecule has 2 aliphatic rings. The smallest absolute Gasteiger partial charge is 0.129 e. The monoisotopic (exact) mass is 296 g/mol. The summed E-state index contributed by atoms with van der Waals surface area (Å²) in [4.78, 5) is 1.15. The Bertz CT molecular complexity index is 721. The summed E-state index contributed by atoms with van der Waals surface area (Å²) in [7, 11) is 0. The molecule has 1 atom stereocenters. The van der Waals surface area contributed by atoms with Crippen LogP contribution >= 0.6 is 11.8 Å². The van der Waals surface area contributed by atoms with E-state index in [1.807, 2.05) is 24.3 Å². The van der Waals surface area contributed by atoms with E-state index in [9.17, 15) is 5.11 Å². The van der Waals surface area contributed by atoms with Crippen molar-refractivity contribution in [3.63, 3.8) is 0 Å². The molecule has 0 radical (unpaired) electrons. The quantitative estimate of drug-likeness (QED) is 0.748. The highest BCUT2D eigenvalue weighted by molar-refractivity contribution is 7.98. The maximum absolute atomic E-state index is 10.9. The van der Waals surface area contributed by atoms with Crippen LogP contribution in [0.1, 0.15) is 28.4 Å². The number of ether oxygens (including phenoxy) is 1. The van der Waals surface area contributed by atoms with E-state index in [4.69, 9.17) is 4.74 Å². The van der Waals surface area contributed by atoms with Gasteiger partial charge < -0.3 is 9.84 Å². The van der Waals surface area contributed by atoms with Crippen LogP contribution in [-0.2, 0) is 12.2 Å². The Morgan fingerprint density at radius 2 is 1.90 bits per heavy atom. The van der Waals surface area contributed by atoms with Crippen molar-refractivity contribution in [3.05, 3.63) is 70.8 Å². The first kappa shape index (κ1) is 13.0. The van der Waals surface area contributed by atoms with Gasteiger partial charge in [0.25, 0.3) is 0 Å². The minimum atomic E-state index is -0.612. The molecule has 0 bridgehead atoms. The third-order valence-electron chi connectivity index (χ3n) is 4.07. The van der Waals surface area contributed by atoms with Gasteiger partial charge in [-0.15, -0.1) is 11.8 Å². The van der Waals surface area contributed by atoms with E-state index in [2.05, 4.69) is 24.3 Å². The molecule has 0 aliphatic carbocycles. The van der Waals surface area contributed by atoms with Gasteiger partial charge in [0.1, 0.15) is 18.5 Å². The minimum absolute atomic E-state index is 0.574.